The van der Waals surface area contributed by atoms with Crippen molar-refractivity contribution in [1.82, 2.24) is 4.90 Å². The number of morpholine rings is 1. The maximum atomic E-state index is 12.1. The molecule has 2 fully saturated rings. The third kappa shape index (κ3) is 4.13. The largest absolute Gasteiger partial charge is 0.373 e. The van der Waals surface area contributed by atoms with Crippen molar-refractivity contribution in [1.29, 1.82) is 0 Å². The molecule has 1 aliphatic heterocycles. The fourth-order valence-electron chi connectivity index (χ4n) is 3.00. The van der Waals surface area contributed by atoms with Gasteiger partial charge in [-0.1, -0.05) is 32.1 Å². The van der Waals surface area contributed by atoms with Crippen LogP contribution in [0.3, 0.4) is 0 Å². The topological polar surface area (TPSA) is 29.5 Å². The molecule has 18 heavy (non-hydrogen) atoms. The van der Waals surface area contributed by atoms with Crippen LogP contribution in [0.1, 0.15) is 44.9 Å². The van der Waals surface area contributed by atoms with Gasteiger partial charge in [-0.15, -0.1) is 11.6 Å². The highest BCUT2D eigenvalue weighted by Crippen LogP contribution is 2.27. The molecule has 1 saturated carbocycles. The molecule has 104 valence electrons. The number of amides is 1. The number of nitrogens with zero attached hydrogens (tertiary/aromatic N) is 1. The van der Waals surface area contributed by atoms with E-state index in [0.29, 0.717) is 31.4 Å². The van der Waals surface area contributed by atoms with Crippen LogP contribution >= 0.6 is 11.6 Å². The standard InChI is InChI=1S/C14H24ClNO2/c15-10-13-11-16(8-9-18-13)14(17)7-6-12-4-2-1-3-5-12/h12-13H,1-11H2. The van der Waals surface area contributed by atoms with E-state index in [1.165, 1.54) is 32.1 Å². The first-order valence-corrected chi connectivity index (χ1v) is 7.78. The van der Waals surface area contributed by atoms with E-state index >= 15 is 0 Å². The summed E-state index contributed by atoms with van der Waals surface area (Å²) >= 11 is 5.79. The van der Waals surface area contributed by atoms with Gasteiger partial charge in [0.25, 0.3) is 0 Å². The van der Waals surface area contributed by atoms with E-state index in [4.69, 9.17) is 16.3 Å². The molecule has 0 radical (unpaired) electrons. The minimum Gasteiger partial charge on any atom is -0.373 e. The van der Waals surface area contributed by atoms with Crippen LogP contribution in [0.15, 0.2) is 0 Å². The summed E-state index contributed by atoms with van der Waals surface area (Å²) in [5.74, 6) is 1.55. The van der Waals surface area contributed by atoms with Crippen molar-refractivity contribution in [2.45, 2.75) is 51.0 Å². The summed E-state index contributed by atoms with van der Waals surface area (Å²) in [5, 5.41) is 0. The lowest BCUT2D eigenvalue weighted by atomic mass is 9.86. The molecule has 4 heteroatoms. The summed E-state index contributed by atoms with van der Waals surface area (Å²) in [7, 11) is 0. The van der Waals surface area contributed by atoms with Crippen LogP contribution < -0.4 is 0 Å². The highest BCUT2D eigenvalue weighted by Gasteiger charge is 2.24. The lowest BCUT2D eigenvalue weighted by molar-refractivity contribution is -0.138. The van der Waals surface area contributed by atoms with Gasteiger partial charge in [-0.05, 0) is 12.3 Å². The zero-order chi connectivity index (χ0) is 12.8. The van der Waals surface area contributed by atoms with Crippen molar-refractivity contribution in [2.75, 3.05) is 25.6 Å². The van der Waals surface area contributed by atoms with Crippen molar-refractivity contribution in [3.63, 3.8) is 0 Å². The first kappa shape index (κ1) is 14.1. The Hall–Kier alpha value is -0.280. The summed E-state index contributed by atoms with van der Waals surface area (Å²) in [5.41, 5.74) is 0. The van der Waals surface area contributed by atoms with Crippen LogP contribution in [-0.4, -0.2) is 42.5 Å². The third-order valence-electron chi connectivity index (χ3n) is 4.15. The van der Waals surface area contributed by atoms with Crippen LogP contribution in [0.25, 0.3) is 0 Å². The highest BCUT2D eigenvalue weighted by molar-refractivity contribution is 6.18. The van der Waals surface area contributed by atoms with Gasteiger partial charge in [-0.2, -0.15) is 0 Å². The van der Waals surface area contributed by atoms with Crippen LogP contribution in [0, 0.1) is 5.92 Å². The molecule has 0 aromatic heterocycles. The molecule has 1 aliphatic carbocycles. The number of hydrogen-bond donors (Lipinski definition) is 0. The minimum absolute atomic E-state index is 0.0269. The maximum absolute atomic E-state index is 12.1. The number of ether oxygens (including phenoxy) is 1. The summed E-state index contributed by atoms with van der Waals surface area (Å²) in [4.78, 5) is 14.1. The van der Waals surface area contributed by atoms with Gasteiger partial charge >= 0.3 is 0 Å². The monoisotopic (exact) mass is 273 g/mol. The molecule has 1 atom stereocenters. The molecule has 2 rings (SSSR count). The smallest absolute Gasteiger partial charge is 0.222 e. The molecule has 1 saturated heterocycles. The number of hydrogen-bond acceptors (Lipinski definition) is 2. The predicted molar refractivity (Wildman–Crippen MR) is 72.8 cm³/mol. The average molecular weight is 274 g/mol. The van der Waals surface area contributed by atoms with E-state index in [-0.39, 0.29) is 6.10 Å². The molecule has 1 unspecified atom stereocenters. The Labute approximate surface area is 115 Å². The molecular formula is C14H24ClNO2. The Kier molecular flexibility index (Phi) is 5.77. The summed E-state index contributed by atoms with van der Waals surface area (Å²) < 4.78 is 5.48. The van der Waals surface area contributed by atoms with Gasteiger partial charge in [0.1, 0.15) is 0 Å². The second-order valence-corrected chi connectivity index (χ2v) is 5.84. The molecule has 0 aromatic carbocycles. The number of carbonyl (C=O) groups is 1. The molecular weight excluding hydrogens is 250 g/mol. The number of carbonyl (C=O) groups excluding carboxylic acids is 1. The first-order valence-electron chi connectivity index (χ1n) is 7.25. The van der Waals surface area contributed by atoms with Gasteiger partial charge in [-0.3, -0.25) is 4.79 Å². The van der Waals surface area contributed by atoms with Gasteiger partial charge in [0.2, 0.25) is 5.91 Å². The summed E-state index contributed by atoms with van der Waals surface area (Å²) in [6.45, 7) is 2.04. The van der Waals surface area contributed by atoms with Crippen molar-refractivity contribution in [3.05, 3.63) is 0 Å². The fourth-order valence-corrected chi connectivity index (χ4v) is 3.19. The minimum atomic E-state index is 0.0269. The predicted octanol–water partition coefficient (Wildman–Crippen LogP) is 2.81. The van der Waals surface area contributed by atoms with Gasteiger partial charge in [0.15, 0.2) is 0 Å². The van der Waals surface area contributed by atoms with Crippen molar-refractivity contribution in [3.8, 4) is 0 Å². The lowest BCUT2D eigenvalue weighted by Crippen LogP contribution is -2.46. The van der Waals surface area contributed by atoms with Crippen LogP contribution in [0.5, 0.6) is 0 Å². The molecule has 0 N–H and O–H groups in total. The van der Waals surface area contributed by atoms with E-state index in [9.17, 15) is 4.79 Å². The van der Waals surface area contributed by atoms with Crippen LogP contribution in [0.4, 0.5) is 0 Å². The molecule has 1 amide bonds. The van der Waals surface area contributed by atoms with Crippen molar-refractivity contribution >= 4 is 17.5 Å². The van der Waals surface area contributed by atoms with Crippen LogP contribution in [-0.2, 0) is 9.53 Å². The molecule has 3 nitrogen and oxygen atoms in total. The Morgan fingerprint density at radius 1 is 1.28 bits per heavy atom. The van der Waals surface area contributed by atoms with Crippen molar-refractivity contribution in [2.24, 2.45) is 5.92 Å². The second kappa shape index (κ2) is 7.34. The highest BCUT2D eigenvalue weighted by atomic mass is 35.5. The zero-order valence-corrected chi connectivity index (χ0v) is 11.8. The van der Waals surface area contributed by atoms with E-state index in [1.54, 1.807) is 0 Å². The zero-order valence-electron chi connectivity index (χ0n) is 11.1. The van der Waals surface area contributed by atoms with Gasteiger partial charge in [-0.25, -0.2) is 0 Å². The average Bonchev–Trinajstić information content (AvgIpc) is 2.46. The Morgan fingerprint density at radius 3 is 2.78 bits per heavy atom. The van der Waals surface area contributed by atoms with Gasteiger partial charge in [0.05, 0.1) is 18.6 Å². The fraction of sp³-hybridized carbons (Fsp3) is 0.929. The van der Waals surface area contributed by atoms with E-state index in [0.717, 1.165) is 18.9 Å². The van der Waals surface area contributed by atoms with Gasteiger partial charge < -0.3 is 9.64 Å². The van der Waals surface area contributed by atoms with E-state index in [2.05, 4.69) is 0 Å². The maximum Gasteiger partial charge on any atom is 0.222 e. The SMILES string of the molecule is O=C(CCC1CCCCC1)N1CCOC(CCl)C1. The quantitative estimate of drug-likeness (QED) is 0.737. The molecule has 0 spiro atoms. The Morgan fingerprint density at radius 2 is 2.06 bits per heavy atom. The van der Waals surface area contributed by atoms with Crippen molar-refractivity contribution < 1.29 is 9.53 Å². The molecule has 0 bridgehead atoms. The lowest BCUT2D eigenvalue weighted by Gasteiger charge is -2.32. The number of alkyl halides is 1. The van der Waals surface area contributed by atoms with E-state index in [1.807, 2.05) is 4.90 Å². The Balaban J connectivity index is 1.70. The molecule has 1 heterocycles. The van der Waals surface area contributed by atoms with Gasteiger partial charge in [0, 0.05) is 19.5 Å². The third-order valence-corrected chi connectivity index (χ3v) is 4.50. The normalized spacial score (nSPS) is 26.3. The summed E-state index contributed by atoms with van der Waals surface area (Å²) in [6.07, 6.45) is 8.53. The molecule has 0 aromatic rings. The first-order chi connectivity index (χ1) is 8.79. The Bertz CT molecular complexity index is 267. The van der Waals surface area contributed by atoms with Crippen LogP contribution in [0.2, 0.25) is 0 Å². The molecule has 2 aliphatic rings. The number of halogens is 1. The van der Waals surface area contributed by atoms with E-state index < -0.39 is 0 Å². The number of rotatable bonds is 4. The summed E-state index contributed by atoms with van der Waals surface area (Å²) in [6, 6.07) is 0. The second-order valence-electron chi connectivity index (χ2n) is 5.53.